The van der Waals surface area contributed by atoms with Crippen LogP contribution in [0.2, 0.25) is 0 Å². The van der Waals surface area contributed by atoms with Crippen molar-refractivity contribution in [2.45, 2.75) is 30.2 Å². The fourth-order valence-electron chi connectivity index (χ4n) is 1.75. The fourth-order valence-corrected chi connectivity index (χ4v) is 2.87. The number of carbonyl (C=O) groups is 1. The number of hydrogen-bond acceptors (Lipinski definition) is 4. The highest BCUT2D eigenvalue weighted by Gasteiger charge is 2.34. The van der Waals surface area contributed by atoms with Gasteiger partial charge in [-0.15, -0.1) is 11.8 Å². The van der Waals surface area contributed by atoms with Gasteiger partial charge in [0.1, 0.15) is 18.2 Å². The van der Waals surface area contributed by atoms with E-state index in [-0.39, 0.29) is 18.3 Å². The van der Waals surface area contributed by atoms with Crippen LogP contribution in [0, 0.1) is 6.92 Å². The second kappa shape index (κ2) is 5.71. The van der Waals surface area contributed by atoms with Gasteiger partial charge in [-0.05, 0) is 25.5 Å². The Morgan fingerprint density at radius 3 is 2.72 bits per heavy atom. The molecule has 1 fully saturated rings. The van der Waals surface area contributed by atoms with E-state index < -0.39 is 17.6 Å². The highest BCUT2D eigenvalue weighted by Crippen LogP contribution is 2.34. The van der Waals surface area contributed by atoms with Gasteiger partial charge in [0.05, 0.1) is 5.56 Å². The highest BCUT2D eigenvalue weighted by atomic mass is 32.2. The van der Waals surface area contributed by atoms with Gasteiger partial charge < -0.3 is 9.84 Å². The quantitative estimate of drug-likeness (QED) is 0.856. The van der Waals surface area contributed by atoms with Gasteiger partial charge in [0, 0.05) is 5.25 Å². The maximum atomic E-state index is 13.0. The third-order valence-corrected chi connectivity index (χ3v) is 4.10. The summed E-state index contributed by atoms with van der Waals surface area (Å²) < 4.78 is 18.2. The van der Waals surface area contributed by atoms with E-state index in [1.165, 1.54) is 0 Å². The monoisotopic (exact) mass is 270 g/mol. The first-order valence-corrected chi connectivity index (χ1v) is 6.72. The van der Waals surface area contributed by atoms with Gasteiger partial charge in [0.15, 0.2) is 0 Å². The van der Waals surface area contributed by atoms with Crippen molar-refractivity contribution in [1.82, 2.24) is 0 Å². The van der Waals surface area contributed by atoms with Crippen LogP contribution in [0.5, 0.6) is 0 Å². The molecule has 1 heterocycles. The van der Waals surface area contributed by atoms with Crippen molar-refractivity contribution in [2.75, 3.05) is 6.61 Å². The van der Waals surface area contributed by atoms with Crippen molar-refractivity contribution in [3.63, 3.8) is 0 Å². The minimum absolute atomic E-state index is 0.134. The Morgan fingerprint density at radius 1 is 1.50 bits per heavy atom. The van der Waals surface area contributed by atoms with E-state index in [0.29, 0.717) is 5.56 Å². The first-order chi connectivity index (χ1) is 8.56. The molecule has 5 heteroatoms. The van der Waals surface area contributed by atoms with Gasteiger partial charge in [-0.3, -0.25) is 0 Å². The standard InChI is InChI=1S/C13H15FO3S/c1-8-2-4-9(5-3-8)12(15)17-7-10-6-11(14)13(16)18-10/h2-5,10-11,13,16H,6-7H2,1H3. The van der Waals surface area contributed by atoms with Crippen molar-refractivity contribution in [3.05, 3.63) is 35.4 Å². The molecule has 3 atom stereocenters. The summed E-state index contributed by atoms with van der Waals surface area (Å²) in [4.78, 5) is 11.7. The topological polar surface area (TPSA) is 46.5 Å². The molecule has 1 aliphatic rings. The van der Waals surface area contributed by atoms with Gasteiger partial charge in [0.25, 0.3) is 0 Å². The Hall–Kier alpha value is -1.07. The number of esters is 1. The molecule has 1 aromatic carbocycles. The molecule has 0 amide bonds. The molecule has 0 spiro atoms. The molecule has 3 unspecified atom stereocenters. The second-order valence-corrected chi connectivity index (χ2v) is 5.79. The summed E-state index contributed by atoms with van der Waals surface area (Å²) >= 11 is 1.12. The third kappa shape index (κ3) is 3.23. The van der Waals surface area contributed by atoms with E-state index in [0.717, 1.165) is 17.3 Å². The van der Waals surface area contributed by atoms with Crippen LogP contribution in [0.1, 0.15) is 22.3 Å². The number of benzene rings is 1. The lowest BCUT2D eigenvalue weighted by molar-refractivity contribution is 0.0498. The van der Waals surface area contributed by atoms with E-state index in [2.05, 4.69) is 0 Å². The highest BCUT2D eigenvalue weighted by molar-refractivity contribution is 8.00. The number of rotatable bonds is 3. The molecule has 0 aromatic heterocycles. The zero-order chi connectivity index (χ0) is 13.1. The molecule has 18 heavy (non-hydrogen) atoms. The van der Waals surface area contributed by atoms with E-state index in [1.54, 1.807) is 12.1 Å². The Bertz CT molecular complexity index is 411. The van der Waals surface area contributed by atoms with Crippen LogP contribution in [-0.2, 0) is 4.74 Å². The summed E-state index contributed by atoms with van der Waals surface area (Å²) in [6.07, 6.45) is -0.995. The molecule has 0 aliphatic carbocycles. The average molecular weight is 270 g/mol. The Balaban J connectivity index is 1.84. The summed E-state index contributed by atoms with van der Waals surface area (Å²) in [6.45, 7) is 2.07. The molecular weight excluding hydrogens is 255 g/mol. The molecule has 1 aliphatic heterocycles. The number of thioether (sulfide) groups is 1. The number of carbonyl (C=O) groups excluding carboxylic acids is 1. The van der Waals surface area contributed by atoms with Crippen molar-refractivity contribution < 1.29 is 19.0 Å². The lowest BCUT2D eigenvalue weighted by Gasteiger charge is -2.09. The van der Waals surface area contributed by atoms with Gasteiger partial charge >= 0.3 is 5.97 Å². The summed E-state index contributed by atoms with van der Waals surface area (Å²) in [7, 11) is 0. The maximum absolute atomic E-state index is 13.0. The van der Waals surface area contributed by atoms with Crippen LogP contribution in [0.25, 0.3) is 0 Å². The molecule has 1 saturated heterocycles. The number of aliphatic hydroxyl groups excluding tert-OH is 1. The number of hydrogen-bond donors (Lipinski definition) is 1. The molecule has 2 rings (SSSR count). The number of ether oxygens (including phenoxy) is 1. The lowest BCUT2D eigenvalue weighted by Crippen LogP contribution is -2.15. The van der Waals surface area contributed by atoms with Crippen LogP contribution in [0.15, 0.2) is 24.3 Å². The molecule has 98 valence electrons. The van der Waals surface area contributed by atoms with Gasteiger partial charge in [-0.1, -0.05) is 17.7 Å². The van der Waals surface area contributed by atoms with Gasteiger partial charge in [0.2, 0.25) is 0 Å². The Morgan fingerprint density at radius 2 is 2.17 bits per heavy atom. The van der Waals surface area contributed by atoms with Crippen LogP contribution in [0.3, 0.4) is 0 Å². The minimum Gasteiger partial charge on any atom is -0.461 e. The zero-order valence-corrected chi connectivity index (χ0v) is 10.8. The molecule has 3 nitrogen and oxygen atoms in total. The number of alkyl halides is 1. The molecule has 1 aromatic rings. The van der Waals surface area contributed by atoms with Crippen LogP contribution in [-0.4, -0.2) is 34.5 Å². The zero-order valence-electron chi connectivity index (χ0n) is 10.0. The molecule has 0 bridgehead atoms. The molecular formula is C13H15FO3S. The van der Waals surface area contributed by atoms with E-state index >= 15 is 0 Å². The normalized spacial score (nSPS) is 27.2. The maximum Gasteiger partial charge on any atom is 0.338 e. The summed E-state index contributed by atoms with van der Waals surface area (Å²) in [5.74, 6) is -0.410. The van der Waals surface area contributed by atoms with Gasteiger partial charge in [-0.25, -0.2) is 9.18 Å². The molecule has 1 N–H and O–H groups in total. The number of aliphatic hydroxyl groups is 1. The number of halogens is 1. The smallest absolute Gasteiger partial charge is 0.338 e. The van der Waals surface area contributed by atoms with Crippen LogP contribution < -0.4 is 0 Å². The second-order valence-electron chi connectivity index (χ2n) is 4.36. The summed E-state index contributed by atoms with van der Waals surface area (Å²) in [5.41, 5.74) is 0.565. The molecule has 0 radical (unpaired) electrons. The van der Waals surface area contributed by atoms with E-state index in [9.17, 15) is 14.3 Å². The van der Waals surface area contributed by atoms with Crippen LogP contribution >= 0.6 is 11.8 Å². The third-order valence-electron chi connectivity index (χ3n) is 2.82. The van der Waals surface area contributed by atoms with Crippen LogP contribution in [0.4, 0.5) is 4.39 Å². The van der Waals surface area contributed by atoms with Crippen molar-refractivity contribution >= 4 is 17.7 Å². The summed E-state index contributed by atoms with van der Waals surface area (Å²) in [6, 6.07) is 7.07. The van der Waals surface area contributed by atoms with Gasteiger partial charge in [-0.2, -0.15) is 0 Å². The first-order valence-electron chi connectivity index (χ1n) is 5.77. The minimum atomic E-state index is -1.22. The summed E-state index contributed by atoms with van der Waals surface area (Å²) in [5, 5.41) is 9.07. The average Bonchev–Trinajstić information content (AvgIpc) is 2.67. The predicted molar refractivity (Wildman–Crippen MR) is 68.4 cm³/mol. The first kappa shape index (κ1) is 13.4. The Labute approximate surface area is 109 Å². The fraction of sp³-hybridized carbons (Fsp3) is 0.462. The molecule has 0 saturated carbocycles. The Kier molecular flexibility index (Phi) is 4.24. The predicted octanol–water partition coefficient (Wildman–Crippen LogP) is 2.31. The van der Waals surface area contributed by atoms with Crippen molar-refractivity contribution in [1.29, 1.82) is 0 Å². The van der Waals surface area contributed by atoms with Crippen molar-refractivity contribution in [3.8, 4) is 0 Å². The SMILES string of the molecule is Cc1ccc(C(=O)OCC2CC(F)C(O)S2)cc1. The van der Waals surface area contributed by atoms with Crippen molar-refractivity contribution in [2.24, 2.45) is 0 Å². The van der Waals surface area contributed by atoms with E-state index in [1.807, 2.05) is 19.1 Å². The van der Waals surface area contributed by atoms with E-state index in [4.69, 9.17) is 4.74 Å². The number of aryl methyl sites for hydroxylation is 1. The largest absolute Gasteiger partial charge is 0.461 e. The lowest BCUT2D eigenvalue weighted by atomic mass is 10.1.